The van der Waals surface area contributed by atoms with Crippen LogP contribution in [0.1, 0.15) is 18.2 Å². The molecule has 2 amide bonds. The zero-order valence-electron chi connectivity index (χ0n) is 12.4. The highest BCUT2D eigenvalue weighted by Crippen LogP contribution is 2.07. The van der Waals surface area contributed by atoms with E-state index in [1.165, 1.54) is 0 Å². The molecule has 0 saturated carbocycles. The van der Waals surface area contributed by atoms with Crippen molar-refractivity contribution in [3.05, 3.63) is 53.3 Å². The van der Waals surface area contributed by atoms with E-state index in [2.05, 4.69) is 15.8 Å². The van der Waals surface area contributed by atoms with E-state index in [1.54, 1.807) is 26.0 Å². The van der Waals surface area contributed by atoms with Gasteiger partial charge in [0.05, 0.1) is 6.54 Å². The fourth-order valence-electron chi connectivity index (χ4n) is 1.78. The summed E-state index contributed by atoms with van der Waals surface area (Å²) >= 11 is 0. The molecular formula is C16H17N3O3. The predicted molar refractivity (Wildman–Crippen MR) is 83.0 cm³/mol. The highest BCUT2D eigenvalue weighted by molar-refractivity contribution is 6.00. The van der Waals surface area contributed by atoms with E-state index < -0.39 is 0 Å². The summed E-state index contributed by atoms with van der Waals surface area (Å²) in [5.74, 6) is 0.263. The van der Waals surface area contributed by atoms with E-state index in [0.29, 0.717) is 17.2 Å². The van der Waals surface area contributed by atoms with Gasteiger partial charge in [-0.25, -0.2) is 0 Å². The van der Waals surface area contributed by atoms with E-state index in [0.717, 1.165) is 5.56 Å². The molecule has 114 valence electrons. The molecule has 0 saturated heterocycles. The molecule has 6 heteroatoms. The van der Waals surface area contributed by atoms with Gasteiger partial charge in [0.1, 0.15) is 5.76 Å². The number of anilines is 1. The van der Waals surface area contributed by atoms with Crippen molar-refractivity contribution >= 4 is 23.7 Å². The van der Waals surface area contributed by atoms with Gasteiger partial charge in [-0.2, -0.15) is 0 Å². The average molecular weight is 299 g/mol. The molecular weight excluding hydrogens is 282 g/mol. The summed E-state index contributed by atoms with van der Waals surface area (Å²) in [4.78, 5) is 23.6. The van der Waals surface area contributed by atoms with Crippen LogP contribution in [-0.4, -0.2) is 23.5 Å². The third kappa shape index (κ3) is 4.59. The Bertz CT molecular complexity index is 690. The Balaban J connectivity index is 1.84. The first kappa shape index (κ1) is 15.5. The maximum Gasteiger partial charge on any atom is 0.247 e. The first-order chi connectivity index (χ1) is 10.5. The Labute approximate surface area is 128 Å². The van der Waals surface area contributed by atoms with Gasteiger partial charge in [0.2, 0.25) is 11.8 Å². The number of amides is 2. The normalized spacial score (nSPS) is 11.1. The summed E-state index contributed by atoms with van der Waals surface area (Å²) in [7, 11) is 0. The topological polar surface area (TPSA) is 84.2 Å². The molecule has 0 aliphatic heterocycles. The smallest absolute Gasteiger partial charge is 0.247 e. The number of hydrogen-bond acceptors (Lipinski definition) is 4. The number of aromatic nitrogens is 1. The molecule has 0 bridgehead atoms. The van der Waals surface area contributed by atoms with E-state index in [1.807, 2.05) is 30.3 Å². The molecule has 1 aromatic carbocycles. The predicted octanol–water partition coefficient (Wildman–Crippen LogP) is 2.14. The van der Waals surface area contributed by atoms with Crippen molar-refractivity contribution in [1.29, 1.82) is 0 Å². The summed E-state index contributed by atoms with van der Waals surface area (Å²) in [6.07, 6.45) is 1.76. The molecule has 2 rings (SSSR count). The minimum atomic E-state index is -0.367. The second-order valence-corrected chi connectivity index (χ2v) is 4.79. The average Bonchev–Trinajstić information content (AvgIpc) is 2.90. The Morgan fingerprint density at radius 1 is 1.27 bits per heavy atom. The van der Waals surface area contributed by atoms with Crippen molar-refractivity contribution in [2.75, 3.05) is 11.9 Å². The van der Waals surface area contributed by atoms with Crippen LogP contribution in [0.5, 0.6) is 0 Å². The second kappa shape index (κ2) is 7.21. The number of carbonyl (C=O) groups excluding carboxylic acids is 2. The van der Waals surface area contributed by atoms with Crippen LogP contribution >= 0.6 is 0 Å². The van der Waals surface area contributed by atoms with Crippen LogP contribution in [0.25, 0.3) is 6.08 Å². The number of nitrogens with zero attached hydrogens (tertiary/aromatic N) is 1. The van der Waals surface area contributed by atoms with Gasteiger partial charge in [0.15, 0.2) is 5.82 Å². The summed E-state index contributed by atoms with van der Waals surface area (Å²) < 4.78 is 4.83. The third-order valence-electron chi connectivity index (χ3n) is 2.85. The highest BCUT2D eigenvalue weighted by Gasteiger charge is 2.09. The maximum absolute atomic E-state index is 11.9. The minimum Gasteiger partial charge on any atom is -0.360 e. The maximum atomic E-state index is 11.9. The fourth-order valence-corrected chi connectivity index (χ4v) is 1.78. The van der Waals surface area contributed by atoms with Crippen molar-refractivity contribution in [2.45, 2.75) is 13.8 Å². The molecule has 1 heterocycles. The van der Waals surface area contributed by atoms with Crippen molar-refractivity contribution in [3.63, 3.8) is 0 Å². The van der Waals surface area contributed by atoms with Crippen molar-refractivity contribution in [1.82, 2.24) is 10.5 Å². The van der Waals surface area contributed by atoms with Crippen LogP contribution in [-0.2, 0) is 9.59 Å². The molecule has 0 aliphatic rings. The van der Waals surface area contributed by atoms with Gasteiger partial charge in [-0.05, 0) is 25.5 Å². The van der Waals surface area contributed by atoms with Gasteiger partial charge in [0, 0.05) is 11.6 Å². The number of hydrogen-bond donors (Lipinski definition) is 2. The Hall–Kier alpha value is -2.89. The van der Waals surface area contributed by atoms with Crippen LogP contribution in [0.3, 0.4) is 0 Å². The Morgan fingerprint density at radius 3 is 2.64 bits per heavy atom. The largest absolute Gasteiger partial charge is 0.360 e. The number of carbonyl (C=O) groups is 2. The van der Waals surface area contributed by atoms with Crippen LogP contribution in [0.15, 0.2) is 46.5 Å². The molecule has 2 N–H and O–H groups in total. The SMILES string of the molecule is C/C(=C\c1ccccc1)C(=O)NCC(=O)Nc1cc(C)on1. The molecule has 22 heavy (non-hydrogen) atoms. The van der Waals surface area contributed by atoms with Gasteiger partial charge in [0.25, 0.3) is 0 Å². The standard InChI is InChI=1S/C16H17N3O3/c1-11(8-13-6-4-3-5-7-13)16(21)17-10-15(20)18-14-9-12(2)22-19-14/h3-9H,10H2,1-2H3,(H,17,21)(H,18,19,20)/b11-8+. The van der Waals surface area contributed by atoms with Crippen molar-refractivity contribution in [2.24, 2.45) is 0 Å². The lowest BCUT2D eigenvalue weighted by atomic mass is 10.1. The number of nitrogens with one attached hydrogen (secondary N) is 2. The van der Waals surface area contributed by atoms with Crippen LogP contribution in [0.2, 0.25) is 0 Å². The molecule has 1 aromatic heterocycles. The van der Waals surface area contributed by atoms with Crippen molar-refractivity contribution in [3.8, 4) is 0 Å². The number of rotatable bonds is 5. The molecule has 0 spiro atoms. The lowest BCUT2D eigenvalue weighted by molar-refractivity contribution is -0.121. The number of aryl methyl sites for hydroxylation is 1. The zero-order chi connectivity index (χ0) is 15.9. The van der Waals surface area contributed by atoms with Crippen LogP contribution < -0.4 is 10.6 Å². The van der Waals surface area contributed by atoms with E-state index >= 15 is 0 Å². The molecule has 0 unspecified atom stereocenters. The highest BCUT2D eigenvalue weighted by atomic mass is 16.5. The van der Waals surface area contributed by atoms with Gasteiger partial charge < -0.3 is 15.2 Å². The molecule has 0 aliphatic carbocycles. The van der Waals surface area contributed by atoms with E-state index in [4.69, 9.17) is 4.52 Å². The quantitative estimate of drug-likeness (QED) is 0.828. The summed E-state index contributed by atoms with van der Waals surface area (Å²) in [6.45, 7) is 3.29. The lowest BCUT2D eigenvalue weighted by Gasteiger charge is -2.05. The van der Waals surface area contributed by atoms with Gasteiger partial charge in [-0.1, -0.05) is 35.5 Å². The molecule has 2 aromatic rings. The Morgan fingerprint density at radius 2 is 2.00 bits per heavy atom. The Kier molecular flexibility index (Phi) is 5.08. The first-order valence-corrected chi connectivity index (χ1v) is 6.79. The van der Waals surface area contributed by atoms with Gasteiger partial charge in [-0.3, -0.25) is 9.59 Å². The second-order valence-electron chi connectivity index (χ2n) is 4.79. The monoisotopic (exact) mass is 299 g/mol. The molecule has 6 nitrogen and oxygen atoms in total. The first-order valence-electron chi connectivity index (χ1n) is 6.79. The zero-order valence-corrected chi connectivity index (χ0v) is 12.4. The molecule has 0 fully saturated rings. The van der Waals surface area contributed by atoms with Crippen LogP contribution in [0, 0.1) is 6.92 Å². The molecule has 0 radical (unpaired) electrons. The third-order valence-corrected chi connectivity index (χ3v) is 2.85. The van der Waals surface area contributed by atoms with Crippen LogP contribution in [0.4, 0.5) is 5.82 Å². The molecule has 0 atom stereocenters. The summed E-state index contributed by atoms with van der Waals surface area (Å²) in [6, 6.07) is 11.1. The number of benzene rings is 1. The minimum absolute atomic E-state index is 0.134. The van der Waals surface area contributed by atoms with Gasteiger partial charge >= 0.3 is 0 Å². The summed E-state index contributed by atoms with van der Waals surface area (Å²) in [5, 5.41) is 8.72. The lowest BCUT2D eigenvalue weighted by Crippen LogP contribution is -2.33. The fraction of sp³-hybridized carbons (Fsp3) is 0.188. The van der Waals surface area contributed by atoms with E-state index in [-0.39, 0.29) is 18.4 Å². The van der Waals surface area contributed by atoms with E-state index in [9.17, 15) is 9.59 Å². The van der Waals surface area contributed by atoms with Crippen molar-refractivity contribution < 1.29 is 14.1 Å². The summed E-state index contributed by atoms with van der Waals surface area (Å²) in [5.41, 5.74) is 1.45. The van der Waals surface area contributed by atoms with Gasteiger partial charge in [-0.15, -0.1) is 0 Å².